The Morgan fingerprint density at radius 3 is 2.19 bits per heavy atom. The van der Waals surface area contributed by atoms with Gasteiger partial charge in [0.05, 0.1) is 11.8 Å². The number of carbonyl (C=O) groups is 3. The first-order valence-electron chi connectivity index (χ1n) is 11.5. The van der Waals surface area contributed by atoms with E-state index in [0.717, 1.165) is 51.1 Å². The molecule has 1 aliphatic carbocycles. The van der Waals surface area contributed by atoms with Crippen LogP contribution < -0.4 is 0 Å². The molecule has 0 radical (unpaired) electrons. The number of fused-ring (bicyclic) bond motifs is 1. The second-order valence-corrected chi connectivity index (χ2v) is 9.91. The first-order chi connectivity index (χ1) is 15.1. The molecule has 0 spiro atoms. The predicted octanol–water partition coefficient (Wildman–Crippen LogP) is 2.63. The lowest BCUT2D eigenvalue weighted by Gasteiger charge is -2.38. The summed E-state index contributed by atoms with van der Waals surface area (Å²) in [5.74, 6) is 0.112. The lowest BCUT2D eigenvalue weighted by Crippen LogP contribution is -2.56. The first-order valence-corrected chi connectivity index (χ1v) is 12.9. The molecule has 6 nitrogen and oxygen atoms in total. The van der Waals surface area contributed by atoms with E-state index in [0.29, 0.717) is 19.5 Å². The molecule has 2 aliphatic heterocycles. The van der Waals surface area contributed by atoms with E-state index in [-0.39, 0.29) is 29.6 Å². The summed E-state index contributed by atoms with van der Waals surface area (Å²) in [4.78, 5) is 45.3. The molecule has 168 valence electrons. The smallest absolute Gasteiger partial charge is 0.245 e. The minimum atomic E-state index is -0.640. The van der Waals surface area contributed by atoms with Gasteiger partial charge in [0.2, 0.25) is 17.7 Å². The quantitative estimate of drug-likeness (QED) is 0.607. The van der Waals surface area contributed by atoms with Gasteiger partial charge in [-0.2, -0.15) is 11.8 Å². The molecule has 3 fully saturated rings. The fourth-order valence-corrected chi connectivity index (χ4v) is 5.73. The first kappa shape index (κ1) is 22.3. The molecule has 0 bridgehead atoms. The van der Waals surface area contributed by atoms with Gasteiger partial charge in [-0.1, -0.05) is 43.2 Å². The zero-order valence-electron chi connectivity index (χ0n) is 18.4. The van der Waals surface area contributed by atoms with Gasteiger partial charge in [-0.15, -0.1) is 0 Å². The molecule has 31 heavy (non-hydrogen) atoms. The Labute approximate surface area is 189 Å². The van der Waals surface area contributed by atoms with Gasteiger partial charge >= 0.3 is 0 Å². The minimum absolute atomic E-state index is 0.0474. The Morgan fingerprint density at radius 2 is 1.61 bits per heavy atom. The van der Waals surface area contributed by atoms with E-state index in [1.54, 1.807) is 11.8 Å². The molecule has 0 aromatic heterocycles. The Balaban J connectivity index is 1.42. The fourth-order valence-electron chi connectivity index (χ4n) is 5.27. The van der Waals surface area contributed by atoms with Gasteiger partial charge in [-0.05, 0) is 36.8 Å². The number of likely N-dealkylation sites (tertiary alicyclic amines) is 1. The third kappa shape index (κ3) is 4.82. The maximum atomic E-state index is 13.5. The van der Waals surface area contributed by atoms with Gasteiger partial charge in [-0.25, -0.2) is 0 Å². The van der Waals surface area contributed by atoms with Crippen LogP contribution in [-0.2, 0) is 20.9 Å². The predicted molar refractivity (Wildman–Crippen MR) is 122 cm³/mol. The van der Waals surface area contributed by atoms with Gasteiger partial charge in [0.15, 0.2) is 0 Å². The van der Waals surface area contributed by atoms with E-state index in [9.17, 15) is 14.4 Å². The van der Waals surface area contributed by atoms with Gasteiger partial charge in [-0.3, -0.25) is 24.2 Å². The van der Waals surface area contributed by atoms with Crippen molar-refractivity contribution < 1.29 is 14.4 Å². The summed E-state index contributed by atoms with van der Waals surface area (Å²) in [5, 5.41) is 0. The van der Waals surface area contributed by atoms with Crippen LogP contribution in [0.15, 0.2) is 30.3 Å². The summed E-state index contributed by atoms with van der Waals surface area (Å²) in [6.45, 7) is 3.78. The number of hydrogen-bond acceptors (Lipinski definition) is 5. The van der Waals surface area contributed by atoms with Gasteiger partial charge in [0, 0.05) is 32.7 Å². The lowest BCUT2D eigenvalue weighted by atomic mass is 9.81. The highest BCUT2D eigenvalue weighted by Gasteiger charge is 2.52. The Hall–Kier alpha value is -1.86. The van der Waals surface area contributed by atoms with Crippen molar-refractivity contribution in [3.8, 4) is 0 Å². The van der Waals surface area contributed by atoms with Crippen molar-refractivity contribution in [3.63, 3.8) is 0 Å². The van der Waals surface area contributed by atoms with E-state index in [2.05, 4.69) is 17.0 Å². The summed E-state index contributed by atoms with van der Waals surface area (Å²) in [5.41, 5.74) is 1.27. The molecule has 3 atom stereocenters. The molecule has 3 aliphatic rings. The van der Waals surface area contributed by atoms with Crippen LogP contribution >= 0.6 is 11.8 Å². The third-order valence-corrected chi connectivity index (χ3v) is 7.64. The van der Waals surface area contributed by atoms with E-state index in [1.165, 1.54) is 10.5 Å². The summed E-state index contributed by atoms with van der Waals surface area (Å²) in [6, 6.07) is 9.73. The maximum absolute atomic E-state index is 13.5. The van der Waals surface area contributed by atoms with Crippen LogP contribution in [0.1, 0.15) is 37.7 Å². The van der Waals surface area contributed by atoms with Crippen molar-refractivity contribution in [2.45, 2.75) is 44.7 Å². The molecule has 2 heterocycles. The number of rotatable bonds is 7. The van der Waals surface area contributed by atoms with E-state index in [1.807, 2.05) is 29.4 Å². The van der Waals surface area contributed by atoms with Crippen LogP contribution in [0.5, 0.6) is 0 Å². The van der Waals surface area contributed by atoms with Crippen molar-refractivity contribution in [3.05, 3.63) is 35.9 Å². The number of piperazine rings is 1. The van der Waals surface area contributed by atoms with Crippen molar-refractivity contribution in [1.29, 1.82) is 0 Å². The number of carbonyl (C=O) groups excluding carboxylic acids is 3. The molecule has 0 N–H and O–H groups in total. The van der Waals surface area contributed by atoms with E-state index < -0.39 is 6.04 Å². The minimum Gasteiger partial charge on any atom is -0.338 e. The van der Waals surface area contributed by atoms with Gasteiger partial charge in [0.1, 0.15) is 6.04 Å². The molecule has 4 rings (SSSR count). The summed E-state index contributed by atoms with van der Waals surface area (Å²) >= 11 is 1.65. The van der Waals surface area contributed by atoms with Crippen LogP contribution in [0.2, 0.25) is 0 Å². The van der Waals surface area contributed by atoms with Crippen molar-refractivity contribution in [2.24, 2.45) is 11.8 Å². The Kier molecular flexibility index (Phi) is 7.33. The van der Waals surface area contributed by atoms with Crippen LogP contribution in [-0.4, -0.2) is 76.7 Å². The SMILES string of the molecule is CSCC[C@H](C(=O)N1CCN(Cc2ccccc2)CC1)N1C(=O)[C@@H]2CCCC[C@H]2C1=O. The summed E-state index contributed by atoms with van der Waals surface area (Å²) < 4.78 is 0. The van der Waals surface area contributed by atoms with Gasteiger partial charge in [0.25, 0.3) is 0 Å². The Bertz CT molecular complexity index is 771. The molecular formula is C24H33N3O3S. The zero-order chi connectivity index (χ0) is 21.8. The summed E-state index contributed by atoms with van der Waals surface area (Å²) in [6.07, 6.45) is 6.11. The number of benzene rings is 1. The second kappa shape index (κ2) is 10.2. The number of amides is 3. The van der Waals surface area contributed by atoms with Crippen LogP contribution in [0, 0.1) is 11.8 Å². The van der Waals surface area contributed by atoms with Crippen molar-refractivity contribution in [2.75, 3.05) is 38.2 Å². The number of imide groups is 1. The topological polar surface area (TPSA) is 60.9 Å². The van der Waals surface area contributed by atoms with Crippen LogP contribution in [0.3, 0.4) is 0 Å². The highest BCUT2D eigenvalue weighted by molar-refractivity contribution is 7.98. The monoisotopic (exact) mass is 443 g/mol. The van der Waals surface area contributed by atoms with Crippen molar-refractivity contribution in [1.82, 2.24) is 14.7 Å². The molecule has 2 saturated heterocycles. The molecule has 7 heteroatoms. The second-order valence-electron chi connectivity index (χ2n) is 8.93. The Morgan fingerprint density at radius 1 is 1.00 bits per heavy atom. The highest BCUT2D eigenvalue weighted by atomic mass is 32.2. The largest absolute Gasteiger partial charge is 0.338 e. The van der Waals surface area contributed by atoms with Gasteiger partial charge < -0.3 is 4.90 Å². The molecule has 0 unspecified atom stereocenters. The standard InChI is InChI=1S/C24H33N3O3S/c1-31-16-11-21(27-22(28)19-9-5-6-10-20(19)23(27)29)24(30)26-14-12-25(13-15-26)17-18-7-3-2-4-8-18/h2-4,7-8,19-21H,5-6,9-17H2,1H3/t19-,20-,21-/m1/s1. The highest BCUT2D eigenvalue weighted by Crippen LogP contribution is 2.39. The normalized spacial score (nSPS) is 25.6. The fraction of sp³-hybridized carbons (Fsp3) is 0.625. The molecular weight excluding hydrogens is 410 g/mol. The third-order valence-electron chi connectivity index (χ3n) is 7.00. The average molecular weight is 444 g/mol. The van der Waals surface area contributed by atoms with Crippen molar-refractivity contribution >= 4 is 29.5 Å². The van der Waals surface area contributed by atoms with E-state index >= 15 is 0 Å². The number of nitrogens with zero attached hydrogens (tertiary/aromatic N) is 3. The summed E-state index contributed by atoms with van der Waals surface area (Å²) in [7, 11) is 0. The van der Waals surface area contributed by atoms with E-state index in [4.69, 9.17) is 0 Å². The zero-order valence-corrected chi connectivity index (χ0v) is 19.2. The van der Waals surface area contributed by atoms with Crippen LogP contribution in [0.4, 0.5) is 0 Å². The number of thioether (sulfide) groups is 1. The maximum Gasteiger partial charge on any atom is 0.245 e. The van der Waals surface area contributed by atoms with Crippen LogP contribution in [0.25, 0.3) is 0 Å². The molecule has 3 amide bonds. The number of hydrogen-bond donors (Lipinski definition) is 0. The average Bonchev–Trinajstić information content (AvgIpc) is 3.06. The molecule has 1 saturated carbocycles. The molecule has 1 aromatic carbocycles. The lowest BCUT2D eigenvalue weighted by molar-refractivity contribution is -0.152. The molecule has 1 aromatic rings.